The van der Waals surface area contributed by atoms with Gasteiger partial charge < -0.3 is 4.90 Å². The zero-order valence-corrected chi connectivity index (χ0v) is 14.5. The van der Waals surface area contributed by atoms with Crippen molar-refractivity contribution in [1.82, 2.24) is 25.1 Å². The van der Waals surface area contributed by atoms with E-state index in [1.807, 2.05) is 0 Å². The molecule has 1 saturated carbocycles. The first-order chi connectivity index (χ1) is 11.6. The zero-order valence-electron chi connectivity index (χ0n) is 14.5. The Morgan fingerprint density at radius 1 is 1.21 bits per heavy atom. The number of H-pyrrole nitrogens is 1. The third-order valence-corrected chi connectivity index (χ3v) is 5.00. The summed E-state index contributed by atoms with van der Waals surface area (Å²) in [5, 5.41) is 8.46. The van der Waals surface area contributed by atoms with Crippen LogP contribution in [0.4, 0.5) is 0 Å². The molecule has 0 saturated heterocycles. The van der Waals surface area contributed by atoms with Gasteiger partial charge in [-0.05, 0) is 45.0 Å². The lowest BCUT2D eigenvalue weighted by Gasteiger charge is -2.21. The number of likely N-dealkylation sites (N-methyl/N-ethyl adjacent to an activating group) is 1. The van der Waals surface area contributed by atoms with Crippen LogP contribution in [-0.4, -0.2) is 45.7 Å². The van der Waals surface area contributed by atoms with Crippen LogP contribution in [0.25, 0.3) is 22.3 Å². The first-order valence-electron chi connectivity index (χ1n) is 8.56. The van der Waals surface area contributed by atoms with Crippen molar-refractivity contribution in [1.29, 1.82) is 0 Å². The molecule has 0 bridgehead atoms. The number of hydrogen-bond acceptors (Lipinski definition) is 4. The smallest absolute Gasteiger partial charge is 0.184 e. The van der Waals surface area contributed by atoms with Crippen LogP contribution in [0.1, 0.15) is 31.0 Å². The largest absolute Gasteiger partial charge is 0.309 e. The van der Waals surface area contributed by atoms with Gasteiger partial charge in [0.05, 0.1) is 11.1 Å². The van der Waals surface area contributed by atoms with Crippen molar-refractivity contribution in [2.45, 2.75) is 31.6 Å². The maximum absolute atomic E-state index is 4.58. The number of aromatic amines is 1. The SMILES string of the molecule is CCc1[nH]nc2ncnc(-c3cccc(C4(CN(C)C)CC4)c3)c12. The highest BCUT2D eigenvalue weighted by molar-refractivity contribution is 5.92. The van der Waals surface area contributed by atoms with Gasteiger partial charge in [0.2, 0.25) is 0 Å². The summed E-state index contributed by atoms with van der Waals surface area (Å²) in [4.78, 5) is 11.2. The van der Waals surface area contributed by atoms with E-state index in [0.717, 1.165) is 41.0 Å². The fourth-order valence-electron chi connectivity index (χ4n) is 3.68. The highest BCUT2D eigenvalue weighted by Gasteiger charge is 2.44. The third-order valence-electron chi connectivity index (χ3n) is 5.00. The number of nitrogens with zero attached hydrogens (tertiary/aromatic N) is 4. The predicted octanol–water partition coefficient (Wildman–Crippen LogP) is 3.18. The molecule has 1 fully saturated rings. The Balaban J connectivity index is 1.81. The van der Waals surface area contributed by atoms with Gasteiger partial charge >= 0.3 is 0 Å². The molecule has 2 heterocycles. The first kappa shape index (κ1) is 15.3. The van der Waals surface area contributed by atoms with Crippen molar-refractivity contribution < 1.29 is 0 Å². The second-order valence-corrected chi connectivity index (χ2v) is 7.08. The molecule has 0 spiro atoms. The normalized spacial score (nSPS) is 16.0. The molecule has 0 amide bonds. The average molecular weight is 321 g/mol. The van der Waals surface area contributed by atoms with Crippen molar-refractivity contribution in [3.05, 3.63) is 41.9 Å². The van der Waals surface area contributed by atoms with Gasteiger partial charge in [0.1, 0.15) is 6.33 Å². The molecule has 4 rings (SSSR count). The van der Waals surface area contributed by atoms with E-state index in [-0.39, 0.29) is 0 Å². The molecule has 2 aromatic heterocycles. The summed E-state index contributed by atoms with van der Waals surface area (Å²) < 4.78 is 0. The topological polar surface area (TPSA) is 57.7 Å². The van der Waals surface area contributed by atoms with E-state index in [4.69, 9.17) is 0 Å². The van der Waals surface area contributed by atoms with E-state index >= 15 is 0 Å². The lowest BCUT2D eigenvalue weighted by molar-refractivity contribution is 0.363. The highest BCUT2D eigenvalue weighted by Crippen LogP contribution is 2.49. The molecule has 0 aliphatic heterocycles. The van der Waals surface area contributed by atoms with Gasteiger partial charge in [0.25, 0.3) is 0 Å². The monoisotopic (exact) mass is 321 g/mol. The zero-order chi connectivity index (χ0) is 16.7. The summed E-state index contributed by atoms with van der Waals surface area (Å²) in [6.07, 6.45) is 5.03. The summed E-state index contributed by atoms with van der Waals surface area (Å²) in [6.45, 7) is 3.22. The second-order valence-electron chi connectivity index (χ2n) is 7.08. The van der Waals surface area contributed by atoms with Gasteiger partial charge in [-0.2, -0.15) is 5.10 Å². The van der Waals surface area contributed by atoms with Crippen LogP contribution in [0.2, 0.25) is 0 Å². The second kappa shape index (κ2) is 5.67. The molecule has 24 heavy (non-hydrogen) atoms. The molecule has 0 radical (unpaired) electrons. The summed E-state index contributed by atoms with van der Waals surface area (Å²) in [6, 6.07) is 8.86. The Morgan fingerprint density at radius 3 is 2.75 bits per heavy atom. The number of hydrogen-bond donors (Lipinski definition) is 1. The molecule has 3 aromatic rings. The molecular formula is C19H23N5. The fraction of sp³-hybridized carbons (Fsp3) is 0.421. The number of nitrogens with one attached hydrogen (secondary N) is 1. The Bertz CT molecular complexity index is 876. The summed E-state index contributed by atoms with van der Waals surface area (Å²) in [7, 11) is 4.30. The van der Waals surface area contributed by atoms with E-state index in [1.165, 1.54) is 18.4 Å². The summed E-state index contributed by atoms with van der Waals surface area (Å²) in [5.41, 5.74) is 5.71. The minimum atomic E-state index is 0.315. The van der Waals surface area contributed by atoms with Crippen LogP contribution >= 0.6 is 0 Å². The molecule has 1 aromatic carbocycles. The molecule has 1 N–H and O–H groups in total. The minimum Gasteiger partial charge on any atom is -0.309 e. The van der Waals surface area contributed by atoms with Crippen LogP contribution in [0.15, 0.2) is 30.6 Å². The van der Waals surface area contributed by atoms with Crippen LogP contribution in [-0.2, 0) is 11.8 Å². The van der Waals surface area contributed by atoms with Crippen LogP contribution < -0.4 is 0 Å². The standard InChI is InChI=1S/C19H23N5/c1-4-15-16-17(20-12-21-18(16)23-22-15)13-6-5-7-14(10-13)19(8-9-19)11-24(2)3/h5-7,10,12H,4,8-9,11H2,1-3H3,(H,20,21,22,23). The Labute approximate surface area is 142 Å². The highest BCUT2D eigenvalue weighted by atomic mass is 15.2. The molecule has 5 nitrogen and oxygen atoms in total. The minimum absolute atomic E-state index is 0.315. The lowest BCUT2D eigenvalue weighted by atomic mass is 9.92. The molecular weight excluding hydrogens is 298 g/mol. The van der Waals surface area contributed by atoms with E-state index in [0.29, 0.717) is 5.41 Å². The van der Waals surface area contributed by atoms with Crippen molar-refractivity contribution in [2.24, 2.45) is 0 Å². The maximum Gasteiger partial charge on any atom is 0.184 e. The van der Waals surface area contributed by atoms with Crippen LogP contribution in [0, 0.1) is 0 Å². The predicted molar refractivity (Wildman–Crippen MR) is 96.0 cm³/mol. The van der Waals surface area contributed by atoms with Crippen molar-refractivity contribution in [3.63, 3.8) is 0 Å². The molecule has 0 unspecified atom stereocenters. The molecule has 1 aliphatic rings. The number of aryl methyl sites for hydroxylation is 1. The maximum atomic E-state index is 4.58. The van der Waals surface area contributed by atoms with Gasteiger partial charge in [-0.25, -0.2) is 9.97 Å². The number of rotatable bonds is 5. The summed E-state index contributed by atoms with van der Waals surface area (Å²) >= 11 is 0. The first-order valence-corrected chi connectivity index (χ1v) is 8.56. The molecule has 5 heteroatoms. The van der Waals surface area contributed by atoms with Gasteiger partial charge in [0.15, 0.2) is 5.65 Å². The lowest BCUT2D eigenvalue weighted by Crippen LogP contribution is -2.25. The Morgan fingerprint density at radius 2 is 2.04 bits per heavy atom. The van der Waals surface area contributed by atoms with E-state index < -0.39 is 0 Å². The van der Waals surface area contributed by atoms with Crippen LogP contribution in [0.3, 0.4) is 0 Å². The Kier molecular flexibility index (Phi) is 3.61. The van der Waals surface area contributed by atoms with Gasteiger partial charge in [-0.1, -0.05) is 25.1 Å². The summed E-state index contributed by atoms with van der Waals surface area (Å²) in [5.74, 6) is 0. The average Bonchev–Trinajstić information content (AvgIpc) is 3.23. The van der Waals surface area contributed by atoms with Crippen LogP contribution in [0.5, 0.6) is 0 Å². The van der Waals surface area contributed by atoms with E-state index in [2.05, 4.69) is 70.3 Å². The van der Waals surface area contributed by atoms with Crippen molar-refractivity contribution in [3.8, 4) is 11.3 Å². The quantitative estimate of drug-likeness (QED) is 0.784. The Hall–Kier alpha value is -2.27. The van der Waals surface area contributed by atoms with E-state index in [9.17, 15) is 0 Å². The fourth-order valence-corrected chi connectivity index (χ4v) is 3.68. The third kappa shape index (κ3) is 2.49. The van der Waals surface area contributed by atoms with Gasteiger partial charge in [-0.3, -0.25) is 5.10 Å². The van der Waals surface area contributed by atoms with Gasteiger partial charge in [0, 0.05) is 23.2 Å². The molecule has 0 atom stereocenters. The van der Waals surface area contributed by atoms with Gasteiger partial charge in [-0.15, -0.1) is 0 Å². The number of benzene rings is 1. The number of fused-ring (bicyclic) bond motifs is 1. The van der Waals surface area contributed by atoms with Crippen molar-refractivity contribution >= 4 is 11.0 Å². The number of aromatic nitrogens is 4. The van der Waals surface area contributed by atoms with Crippen molar-refractivity contribution in [2.75, 3.05) is 20.6 Å². The molecule has 1 aliphatic carbocycles. The molecule has 124 valence electrons. The van der Waals surface area contributed by atoms with E-state index in [1.54, 1.807) is 6.33 Å².